The van der Waals surface area contributed by atoms with Crippen molar-refractivity contribution in [2.75, 3.05) is 6.54 Å². The van der Waals surface area contributed by atoms with Crippen molar-refractivity contribution < 1.29 is 19.3 Å². The minimum atomic E-state index is -1.06. The van der Waals surface area contributed by atoms with Crippen LogP contribution >= 0.6 is 11.5 Å². The summed E-state index contributed by atoms with van der Waals surface area (Å²) >= 11 is 1.29. The molecule has 0 bridgehead atoms. The molecule has 0 aliphatic rings. The predicted molar refractivity (Wildman–Crippen MR) is 66.2 cm³/mol. The number of pyridine rings is 1. The molecule has 0 spiro atoms. The van der Waals surface area contributed by atoms with E-state index in [4.69, 9.17) is 5.11 Å². The SMILES string of the molecule is O=C(O)CNC(=O)C[n+]1ccc(-c2ncns2)cc1. The highest BCUT2D eigenvalue weighted by atomic mass is 32.1. The maximum absolute atomic E-state index is 11.4. The Bertz CT molecular complexity index is 568. The van der Waals surface area contributed by atoms with Crippen molar-refractivity contribution in [3.05, 3.63) is 30.9 Å². The van der Waals surface area contributed by atoms with Gasteiger partial charge in [0.2, 0.25) is 6.54 Å². The lowest BCUT2D eigenvalue weighted by Gasteiger charge is -1.99. The van der Waals surface area contributed by atoms with Gasteiger partial charge in [-0.15, -0.1) is 0 Å². The van der Waals surface area contributed by atoms with Crippen molar-refractivity contribution in [1.29, 1.82) is 0 Å². The fourth-order valence-corrected chi connectivity index (χ4v) is 1.93. The Balaban J connectivity index is 1.95. The molecule has 0 aliphatic carbocycles. The molecule has 2 rings (SSSR count). The van der Waals surface area contributed by atoms with E-state index in [1.807, 2.05) is 12.1 Å². The Morgan fingerprint density at radius 2 is 2.11 bits per heavy atom. The molecule has 2 aromatic heterocycles. The summed E-state index contributed by atoms with van der Waals surface area (Å²) in [5.41, 5.74) is 0.921. The molecule has 0 aromatic carbocycles. The second kappa shape index (κ2) is 6.01. The van der Waals surface area contributed by atoms with Crippen LogP contribution in [0.25, 0.3) is 10.6 Å². The summed E-state index contributed by atoms with van der Waals surface area (Å²) < 4.78 is 5.57. The van der Waals surface area contributed by atoms with Crippen molar-refractivity contribution in [3.63, 3.8) is 0 Å². The van der Waals surface area contributed by atoms with Gasteiger partial charge in [0.1, 0.15) is 17.9 Å². The highest BCUT2D eigenvalue weighted by Crippen LogP contribution is 2.17. The van der Waals surface area contributed by atoms with Gasteiger partial charge in [-0.25, -0.2) is 4.98 Å². The molecular weight excluding hydrogens is 268 g/mol. The number of carbonyl (C=O) groups is 2. The Morgan fingerprint density at radius 3 is 2.68 bits per heavy atom. The Hall–Kier alpha value is -2.35. The molecule has 98 valence electrons. The predicted octanol–water partition coefficient (Wildman–Crippen LogP) is -0.307. The van der Waals surface area contributed by atoms with Crippen molar-refractivity contribution in [1.82, 2.24) is 14.7 Å². The van der Waals surface area contributed by atoms with Crippen LogP contribution < -0.4 is 9.88 Å². The van der Waals surface area contributed by atoms with Crippen LogP contribution in [0.4, 0.5) is 0 Å². The zero-order chi connectivity index (χ0) is 13.7. The maximum Gasteiger partial charge on any atom is 0.322 e. The van der Waals surface area contributed by atoms with E-state index in [9.17, 15) is 9.59 Å². The molecule has 0 atom stereocenters. The molecule has 2 aromatic rings. The lowest BCUT2D eigenvalue weighted by molar-refractivity contribution is -0.684. The number of carboxylic acid groups (broad SMARTS) is 1. The Morgan fingerprint density at radius 1 is 1.37 bits per heavy atom. The molecule has 19 heavy (non-hydrogen) atoms. The maximum atomic E-state index is 11.4. The van der Waals surface area contributed by atoms with Crippen LogP contribution in [0.15, 0.2) is 30.9 Å². The standard InChI is InChI=1S/C11H10N4O3S/c16-9(12-5-10(17)18)6-15-3-1-8(2-4-15)11-13-7-14-19-11/h1-4,7H,5-6H2,(H-,12,16,17,18)/p+1. The van der Waals surface area contributed by atoms with E-state index in [1.165, 1.54) is 17.9 Å². The molecule has 0 radical (unpaired) electrons. The third-order valence-electron chi connectivity index (χ3n) is 2.26. The quantitative estimate of drug-likeness (QED) is 0.732. The van der Waals surface area contributed by atoms with Crippen LogP contribution in [0.5, 0.6) is 0 Å². The third kappa shape index (κ3) is 3.81. The zero-order valence-corrected chi connectivity index (χ0v) is 10.6. The highest BCUT2D eigenvalue weighted by molar-refractivity contribution is 7.09. The van der Waals surface area contributed by atoms with E-state index in [0.29, 0.717) is 0 Å². The fraction of sp³-hybridized carbons (Fsp3) is 0.182. The minimum Gasteiger partial charge on any atom is -0.480 e. The third-order valence-corrected chi connectivity index (χ3v) is 2.98. The van der Waals surface area contributed by atoms with Crippen LogP contribution in [-0.2, 0) is 16.1 Å². The van der Waals surface area contributed by atoms with E-state index < -0.39 is 5.97 Å². The normalized spacial score (nSPS) is 10.1. The van der Waals surface area contributed by atoms with Crippen molar-refractivity contribution in [3.8, 4) is 10.6 Å². The lowest BCUT2D eigenvalue weighted by Crippen LogP contribution is -2.43. The molecular formula is C11H11N4O3S+. The van der Waals surface area contributed by atoms with Gasteiger partial charge in [-0.2, -0.15) is 8.94 Å². The molecule has 0 unspecified atom stereocenters. The van der Waals surface area contributed by atoms with Crippen LogP contribution in [0.2, 0.25) is 0 Å². The zero-order valence-electron chi connectivity index (χ0n) is 9.81. The monoisotopic (exact) mass is 279 g/mol. The first-order chi connectivity index (χ1) is 9.15. The molecule has 2 heterocycles. The summed E-state index contributed by atoms with van der Waals surface area (Å²) in [5.74, 6) is -1.42. The number of carboxylic acids is 1. The number of aliphatic carboxylic acids is 1. The van der Waals surface area contributed by atoms with Gasteiger partial charge in [0.15, 0.2) is 12.4 Å². The first-order valence-electron chi connectivity index (χ1n) is 5.40. The summed E-state index contributed by atoms with van der Waals surface area (Å²) in [6.07, 6.45) is 4.95. The van der Waals surface area contributed by atoms with Gasteiger partial charge in [0.25, 0.3) is 5.91 Å². The number of amides is 1. The molecule has 2 N–H and O–H groups in total. The number of carbonyl (C=O) groups excluding carboxylic acids is 1. The lowest BCUT2D eigenvalue weighted by atomic mass is 10.3. The largest absolute Gasteiger partial charge is 0.480 e. The van der Waals surface area contributed by atoms with Gasteiger partial charge in [0, 0.05) is 17.7 Å². The topological polar surface area (TPSA) is 96.1 Å². The van der Waals surface area contributed by atoms with Gasteiger partial charge in [-0.05, 0) is 11.5 Å². The van der Waals surface area contributed by atoms with Crippen molar-refractivity contribution >= 4 is 23.4 Å². The Labute approximate surface area is 112 Å². The van der Waals surface area contributed by atoms with Crippen LogP contribution in [0, 0.1) is 0 Å². The molecule has 8 heteroatoms. The van der Waals surface area contributed by atoms with Gasteiger partial charge < -0.3 is 10.4 Å². The van der Waals surface area contributed by atoms with Gasteiger partial charge in [-0.3, -0.25) is 9.59 Å². The summed E-state index contributed by atoms with van der Waals surface area (Å²) in [4.78, 5) is 25.8. The summed E-state index contributed by atoms with van der Waals surface area (Å²) in [5, 5.41) is 11.5. The number of rotatable bonds is 5. The van der Waals surface area contributed by atoms with Crippen molar-refractivity contribution in [2.24, 2.45) is 0 Å². The van der Waals surface area contributed by atoms with Gasteiger partial charge in [0.05, 0.1) is 0 Å². The van der Waals surface area contributed by atoms with E-state index in [0.717, 1.165) is 10.6 Å². The average Bonchev–Trinajstić information content (AvgIpc) is 2.91. The number of nitrogens with one attached hydrogen (secondary N) is 1. The first kappa shape index (κ1) is 13.1. The highest BCUT2D eigenvalue weighted by Gasteiger charge is 2.11. The number of hydrogen-bond acceptors (Lipinski definition) is 5. The Kier molecular flexibility index (Phi) is 4.14. The number of nitrogens with zero attached hydrogens (tertiary/aromatic N) is 3. The van der Waals surface area contributed by atoms with Gasteiger partial charge >= 0.3 is 5.97 Å². The van der Waals surface area contributed by atoms with E-state index in [-0.39, 0.29) is 19.0 Å². The van der Waals surface area contributed by atoms with E-state index >= 15 is 0 Å². The van der Waals surface area contributed by atoms with Gasteiger partial charge in [-0.1, -0.05) is 0 Å². The summed E-state index contributed by atoms with van der Waals surface area (Å²) in [7, 11) is 0. The molecule has 0 saturated carbocycles. The smallest absolute Gasteiger partial charge is 0.322 e. The van der Waals surface area contributed by atoms with Crippen LogP contribution in [0.1, 0.15) is 0 Å². The fourth-order valence-electron chi connectivity index (χ4n) is 1.40. The summed E-state index contributed by atoms with van der Waals surface area (Å²) in [6, 6.07) is 3.65. The number of hydrogen-bond donors (Lipinski definition) is 2. The van der Waals surface area contributed by atoms with Crippen molar-refractivity contribution in [2.45, 2.75) is 6.54 Å². The molecule has 0 fully saturated rings. The second-order valence-electron chi connectivity index (χ2n) is 3.68. The minimum absolute atomic E-state index is 0.0731. The van der Waals surface area contributed by atoms with E-state index in [1.54, 1.807) is 17.0 Å². The average molecular weight is 279 g/mol. The first-order valence-corrected chi connectivity index (χ1v) is 6.17. The number of aromatic nitrogens is 3. The molecule has 0 saturated heterocycles. The van der Waals surface area contributed by atoms with Crippen LogP contribution in [0.3, 0.4) is 0 Å². The summed E-state index contributed by atoms with van der Waals surface area (Å²) in [6.45, 7) is -0.300. The molecule has 0 aliphatic heterocycles. The molecule has 1 amide bonds. The second-order valence-corrected chi connectivity index (χ2v) is 4.46. The molecule has 7 nitrogen and oxygen atoms in total. The van der Waals surface area contributed by atoms with Crippen LogP contribution in [-0.4, -0.2) is 32.9 Å². The van der Waals surface area contributed by atoms with E-state index in [2.05, 4.69) is 14.7 Å².